The van der Waals surface area contributed by atoms with E-state index in [0.717, 1.165) is 12.1 Å². The lowest BCUT2D eigenvalue weighted by molar-refractivity contribution is -0.137. The first-order chi connectivity index (χ1) is 9.36. The summed E-state index contributed by atoms with van der Waals surface area (Å²) in [5.74, 6) is -0.935. The monoisotopic (exact) mass is 286 g/mol. The van der Waals surface area contributed by atoms with E-state index in [9.17, 15) is 18.0 Å². The third kappa shape index (κ3) is 3.31. The van der Waals surface area contributed by atoms with Crippen molar-refractivity contribution < 1.29 is 32.2 Å². The highest BCUT2D eigenvalue weighted by Gasteiger charge is 2.30. The first kappa shape index (κ1) is 14.0. The summed E-state index contributed by atoms with van der Waals surface area (Å²) in [6.45, 7) is -0.0708. The summed E-state index contributed by atoms with van der Waals surface area (Å²) in [7, 11) is 0. The molecule has 0 bridgehead atoms. The zero-order valence-corrected chi connectivity index (χ0v) is 9.98. The first-order valence-electron chi connectivity index (χ1n) is 5.48. The molecule has 0 spiro atoms. The second-order valence-electron chi connectivity index (χ2n) is 3.88. The van der Waals surface area contributed by atoms with Crippen LogP contribution in [0.25, 0.3) is 0 Å². The summed E-state index contributed by atoms with van der Waals surface area (Å²) < 4.78 is 47.2. The molecule has 0 saturated carbocycles. The van der Waals surface area contributed by atoms with Gasteiger partial charge in [0.15, 0.2) is 0 Å². The van der Waals surface area contributed by atoms with Gasteiger partial charge in [-0.15, -0.1) is 0 Å². The molecule has 0 aliphatic heterocycles. The van der Waals surface area contributed by atoms with Crippen molar-refractivity contribution in [3.8, 4) is 5.75 Å². The van der Waals surface area contributed by atoms with Crippen molar-refractivity contribution in [1.29, 1.82) is 0 Å². The fraction of sp³-hybridized carbons (Fsp3) is 0.154. The Morgan fingerprint density at radius 2 is 1.80 bits per heavy atom. The molecule has 106 valence electrons. The van der Waals surface area contributed by atoms with Crippen LogP contribution in [0.5, 0.6) is 5.75 Å². The molecule has 20 heavy (non-hydrogen) atoms. The molecule has 1 aromatic heterocycles. The zero-order chi connectivity index (χ0) is 14.8. The Morgan fingerprint density at radius 3 is 2.30 bits per heavy atom. The Bertz CT molecular complexity index is 599. The van der Waals surface area contributed by atoms with Gasteiger partial charge in [-0.3, -0.25) is 0 Å². The molecule has 7 heteroatoms. The average molecular weight is 286 g/mol. The fourth-order valence-electron chi connectivity index (χ4n) is 1.47. The van der Waals surface area contributed by atoms with Gasteiger partial charge < -0.3 is 14.3 Å². The molecule has 1 aromatic carbocycles. The SMILES string of the molecule is O=C(O)c1ccc(COc2ccc(C(F)(F)F)cc2)o1. The van der Waals surface area contributed by atoms with Crippen LogP contribution in [0.1, 0.15) is 21.9 Å². The molecule has 0 amide bonds. The standard InChI is InChI=1S/C13H9F3O4/c14-13(15,16)8-1-3-9(4-2-8)19-7-10-5-6-11(20-10)12(17)18/h1-6H,7H2,(H,17,18). The Kier molecular flexibility index (Phi) is 3.69. The quantitative estimate of drug-likeness (QED) is 0.933. The van der Waals surface area contributed by atoms with E-state index in [2.05, 4.69) is 0 Å². The van der Waals surface area contributed by atoms with Gasteiger partial charge in [0.05, 0.1) is 5.56 Å². The topological polar surface area (TPSA) is 59.7 Å². The molecular formula is C13H9F3O4. The molecule has 4 nitrogen and oxygen atoms in total. The molecule has 0 radical (unpaired) electrons. The predicted molar refractivity (Wildman–Crippen MR) is 61.4 cm³/mol. The molecule has 1 heterocycles. The molecule has 0 aliphatic rings. The fourth-order valence-corrected chi connectivity index (χ4v) is 1.47. The third-order valence-electron chi connectivity index (χ3n) is 2.44. The van der Waals surface area contributed by atoms with Crippen LogP contribution in [0, 0.1) is 0 Å². The van der Waals surface area contributed by atoms with E-state index < -0.39 is 17.7 Å². The van der Waals surface area contributed by atoms with Crippen molar-refractivity contribution in [2.45, 2.75) is 12.8 Å². The van der Waals surface area contributed by atoms with Crippen LogP contribution < -0.4 is 4.74 Å². The van der Waals surface area contributed by atoms with Gasteiger partial charge in [-0.2, -0.15) is 13.2 Å². The second kappa shape index (κ2) is 5.28. The predicted octanol–water partition coefficient (Wildman–Crippen LogP) is 3.58. The number of rotatable bonds is 4. The Labute approximate surface area is 111 Å². The van der Waals surface area contributed by atoms with Gasteiger partial charge in [-0.05, 0) is 36.4 Å². The van der Waals surface area contributed by atoms with Crippen LogP contribution in [0.3, 0.4) is 0 Å². The van der Waals surface area contributed by atoms with Crippen molar-refractivity contribution in [3.05, 3.63) is 53.5 Å². The molecule has 0 aliphatic carbocycles. The van der Waals surface area contributed by atoms with Crippen molar-refractivity contribution in [2.75, 3.05) is 0 Å². The van der Waals surface area contributed by atoms with Gasteiger partial charge in [0.25, 0.3) is 0 Å². The minimum absolute atomic E-state index is 0.0708. The van der Waals surface area contributed by atoms with E-state index in [-0.39, 0.29) is 23.9 Å². The number of hydrogen-bond acceptors (Lipinski definition) is 3. The minimum Gasteiger partial charge on any atom is -0.486 e. The highest BCUT2D eigenvalue weighted by molar-refractivity contribution is 5.84. The van der Waals surface area contributed by atoms with Crippen molar-refractivity contribution in [1.82, 2.24) is 0 Å². The maximum atomic E-state index is 12.3. The van der Waals surface area contributed by atoms with Crippen molar-refractivity contribution in [3.63, 3.8) is 0 Å². The number of hydrogen-bond donors (Lipinski definition) is 1. The van der Waals surface area contributed by atoms with Crippen LogP contribution in [0.15, 0.2) is 40.8 Å². The average Bonchev–Trinajstić information content (AvgIpc) is 2.85. The second-order valence-corrected chi connectivity index (χ2v) is 3.88. The van der Waals surface area contributed by atoms with Crippen LogP contribution in [-0.4, -0.2) is 11.1 Å². The summed E-state index contributed by atoms with van der Waals surface area (Å²) in [6, 6.07) is 6.87. The van der Waals surface area contributed by atoms with Crippen LogP contribution in [-0.2, 0) is 12.8 Å². The van der Waals surface area contributed by atoms with Gasteiger partial charge in [0.1, 0.15) is 18.1 Å². The van der Waals surface area contributed by atoms with E-state index in [1.807, 2.05) is 0 Å². The van der Waals surface area contributed by atoms with Crippen molar-refractivity contribution >= 4 is 5.97 Å². The lowest BCUT2D eigenvalue weighted by Gasteiger charge is -2.08. The van der Waals surface area contributed by atoms with E-state index in [1.54, 1.807) is 0 Å². The first-order valence-corrected chi connectivity index (χ1v) is 5.48. The number of ether oxygens (including phenoxy) is 1. The van der Waals surface area contributed by atoms with Gasteiger partial charge in [0, 0.05) is 0 Å². The highest BCUT2D eigenvalue weighted by atomic mass is 19.4. The number of carbonyl (C=O) groups is 1. The molecule has 0 saturated heterocycles. The normalized spacial score (nSPS) is 11.3. The summed E-state index contributed by atoms with van der Waals surface area (Å²) >= 11 is 0. The molecule has 2 aromatic rings. The maximum Gasteiger partial charge on any atom is 0.416 e. The number of carboxylic acid groups (broad SMARTS) is 1. The number of furan rings is 1. The summed E-state index contributed by atoms with van der Waals surface area (Å²) in [6.07, 6.45) is -4.39. The molecule has 0 unspecified atom stereocenters. The smallest absolute Gasteiger partial charge is 0.416 e. The highest BCUT2D eigenvalue weighted by Crippen LogP contribution is 2.30. The van der Waals surface area contributed by atoms with Gasteiger partial charge in [-0.25, -0.2) is 4.79 Å². The molecule has 0 atom stereocenters. The van der Waals surface area contributed by atoms with Gasteiger partial charge in [-0.1, -0.05) is 0 Å². The van der Waals surface area contributed by atoms with Crippen LogP contribution >= 0.6 is 0 Å². The van der Waals surface area contributed by atoms with E-state index >= 15 is 0 Å². The molecule has 1 N–H and O–H groups in total. The Balaban J connectivity index is 1.98. The summed E-state index contributed by atoms with van der Waals surface area (Å²) in [5.41, 5.74) is -0.768. The largest absolute Gasteiger partial charge is 0.486 e. The maximum absolute atomic E-state index is 12.3. The lowest BCUT2D eigenvalue weighted by atomic mass is 10.2. The minimum atomic E-state index is -4.39. The number of aromatic carboxylic acids is 1. The zero-order valence-electron chi connectivity index (χ0n) is 9.98. The number of benzene rings is 1. The number of halogens is 3. The van der Waals surface area contributed by atoms with E-state index in [1.165, 1.54) is 24.3 Å². The summed E-state index contributed by atoms with van der Waals surface area (Å²) in [5, 5.41) is 8.65. The van der Waals surface area contributed by atoms with Crippen molar-refractivity contribution in [2.24, 2.45) is 0 Å². The van der Waals surface area contributed by atoms with Crippen LogP contribution in [0.4, 0.5) is 13.2 Å². The van der Waals surface area contributed by atoms with E-state index in [0.29, 0.717) is 0 Å². The Hall–Kier alpha value is -2.44. The molecule has 0 fully saturated rings. The van der Waals surface area contributed by atoms with Gasteiger partial charge >= 0.3 is 12.1 Å². The Morgan fingerprint density at radius 1 is 1.15 bits per heavy atom. The number of alkyl halides is 3. The molecular weight excluding hydrogens is 277 g/mol. The lowest BCUT2D eigenvalue weighted by Crippen LogP contribution is -2.04. The van der Waals surface area contributed by atoms with E-state index in [4.69, 9.17) is 14.3 Å². The number of carboxylic acids is 1. The molecule has 2 rings (SSSR count). The summed E-state index contributed by atoms with van der Waals surface area (Å²) in [4.78, 5) is 10.6. The third-order valence-corrected chi connectivity index (χ3v) is 2.44. The van der Waals surface area contributed by atoms with Gasteiger partial charge in [0.2, 0.25) is 5.76 Å². The van der Waals surface area contributed by atoms with Crippen LogP contribution in [0.2, 0.25) is 0 Å².